The van der Waals surface area contributed by atoms with E-state index < -0.39 is 0 Å². The zero-order valence-corrected chi connectivity index (χ0v) is 20.5. The highest BCUT2D eigenvalue weighted by Crippen LogP contribution is 2.38. The quantitative estimate of drug-likeness (QED) is 0.268. The van der Waals surface area contributed by atoms with E-state index in [9.17, 15) is 19.5 Å². The Morgan fingerprint density at radius 3 is 2.25 bits per heavy atom. The average Bonchev–Trinajstić information content (AvgIpc) is 3.08. The van der Waals surface area contributed by atoms with Gasteiger partial charge in [0.25, 0.3) is 11.8 Å². The van der Waals surface area contributed by atoms with Crippen molar-refractivity contribution in [1.29, 1.82) is 0 Å². The summed E-state index contributed by atoms with van der Waals surface area (Å²) in [4.78, 5) is 44.5. The van der Waals surface area contributed by atoms with Gasteiger partial charge < -0.3 is 5.11 Å². The van der Waals surface area contributed by atoms with Gasteiger partial charge in [-0.2, -0.15) is 0 Å². The topological polar surface area (TPSA) is 87.0 Å². The fraction of sp³-hybridized carbons (Fsp3) is 0.267. The number of aliphatic hydroxyl groups is 1. The molecule has 6 nitrogen and oxygen atoms in total. The second-order valence-corrected chi connectivity index (χ2v) is 10.2. The molecular weight excluding hydrogens is 452 g/mol. The van der Waals surface area contributed by atoms with Crippen LogP contribution in [-0.4, -0.2) is 39.9 Å². The number of rotatable bonds is 5. The van der Waals surface area contributed by atoms with Crippen LogP contribution in [0.3, 0.4) is 0 Å². The summed E-state index contributed by atoms with van der Waals surface area (Å²) in [6.07, 6.45) is 1.39. The fourth-order valence-electron chi connectivity index (χ4n) is 5.13. The molecule has 6 heteroatoms. The number of benzene rings is 3. The van der Waals surface area contributed by atoms with Gasteiger partial charge in [0.1, 0.15) is 5.76 Å². The molecule has 3 aromatic carbocycles. The summed E-state index contributed by atoms with van der Waals surface area (Å²) in [7, 11) is 0. The second-order valence-electron chi connectivity index (χ2n) is 10.2. The molecule has 1 N–H and O–H groups in total. The smallest absolute Gasteiger partial charge is 0.261 e. The number of hydrogen-bond acceptors (Lipinski definition) is 5. The van der Waals surface area contributed by atoms with Crippen molar-refractivity contribution in [3.8, 4) is 0 Å². The van der Waals surface area contributed by atoms with Crippen LogP contribution in [0.15, 0.2) is 83.1 Å². The van der Waals surface area contributed by atoms with E-state index in [0.717, 1.165) is 16.5 Å². The lowest BCUT2D eigenvalue weighted by Crippen LogP contribution is -2.33. The van der Waals surface area contributed by atoms with Crippen LogP contribution < -0.4 is 0 Å². The third-order valence-corrected chi connectivity index (χ3v) is 6.84. The minimum Gasteiger partial charge on any atom is -0.511 e. The van der Waals surface area contributed by atoms with Crippen molar-refractivity contribution in [2.45, 2.75) is 39.5 Å². The maximum Gasteiger partial charge on any atom is 0.261 e. The molecule has 1 fully saturated rings. The number of carbonyl (C=O) groups excluding carboxylic acids is 3. The highest BCUT2D eigenvalue weighted by atomic mass is 16.3. The predicted molar refractivity (Wildman–Crippen MR) is 140 cm³/mol. The monoisotopic (exact) mass is 480 g/mol. The van der Waals surface area contributed by atoms with Gasteiger partial charge in [-0.1, -0.05) is 62.4 Å². The average molecular weight is 481 g/mol. The van der Waals surface area contributed by atoms with Crippen LogP contribution >= 0.6 is 0 Å². The van der Waals surface area contributed by atoms with E-state index >= 15 is 0 Å². The molecule has 3 aromatic rings. The molecule has 0 atom stereocenters. The number of imide groups is 1. The maximum atomic E-state index is 13.2. The third kappa shape index (κ3) is 4.35. The van der Waals surface area contributed by atoms with Crippen molar-refractivity contribution in [2.75, 3.05) is 6.54 Å². The molecule has 1 aliphatic carbocycles. The first-order valence-corrected chi connectivity index (χ1v) is 12.2. The Bertz CT molecular complexity index is 1420. The lowest BCUT2D eigenvalue weighted by Gasteiger charge is -2.31. The first-order valence-electron chi connectivity index (χ1n) is 12.2. The van der Waals surface area contributed by atoms with E-state index in [-0.39, 0.29) is 47.3 Å². The molecule has 36 heavy (non-hydrogen) atoms. The highest BCUT2D eigenvalue weighted by Gasteiger charge is 2.37. The Hall–Kier alpha value is -4.06. The Morgan fingerprint density at radius 2 is 1.53 bits per heavy atom. The van der Waals surface area contributed by atoms with Crippen LogP contribution in [0.2, 0.25) is 0 Å². The molecule has 2 amide bonds. The van der Waals surface area contributed by atoms with E-state index in [0.29, 0.717) is 36.1 Å². The third-order valence-electron chi connectivity index (χ3n) is 6.84. The summed E-state index contributed by atoms with van der Waals surface area (Å²) in [5.41, 5.74) is 2.13. The predicted octanol–water partition coefficient (Wildman–Crippen LogP) is 6.19. The first-order chi connectivity index (χ1) is 17.2. The number of aliphatic imine (C=N–C) groups is 1. The van der Waals surface area contributed by atoms with Gasteiger partial charge in [-0.15, -0.1) is 0 Å². The summed E-state index contributed by atoms with van der Waals surface area (Å²) < 4.78 is 0. The van der Waals surface area contributed by atoms with Gasteiger partial charge in [-0.3, -0.25) is 24.3 Å². The lowest BCUT2D eigenvalue weighted by atomic mass is 9.73. The molecule has 1 heterocycles. The summed E-state index contributed by atoms with van der Waals surface area (Å²) in [5.74, 6) is -0.817. The van der Waals surface area contributed by atoms with Crippen LogP contribution in [0, 0.1) is 5.41 Å². The Labute approximate surface area is 210 Å². The van der Waals surface area contributed by atoms with Crippen molar-refractivity contribution < 1.29 is 19.5 Å². The van der Waals surface area contributed by atoms with Crippen LogP contribution in [-0.2, 0) is 4.79 Å². The van der Waals surface area contributed by atoms with Gasteiger partial charge >= 0.3 is 0 Å². The van der Waals surface area contributed by atoms with Crippen LogP contribution in [0.4, 0.5) is 5.69 Å². The number of Topliss-reactive ketones (excluding diaryl/α,β-unsaturated/α-hetero) is 1. The normalized spacial score (nSPS) is 19.8. The molecule has 5 rings (SSSR count). The van der Waals surface area contributed by atoms with Gasteiger partial charge in [-0.25, -0.2) is 0 Å². The van der Waals surface area contributed by atoms with E-state index in [1.54, 1.807) is 24.3 Å². The number of nitrogens with zero attached hydrogens (tertiary/aromatic N) is 2. The van der Waals surface area contributed by atoms with Crippen molar-refractivity contribution >= 4 is 39.8 Å². The van der Waals surface area contributed by atoms with E-state index in [4.69, 9.17) is 4.99 Å². The summed E-state index contributed by atoms with van der Waals surface area (Å²) in [6, 6.07) is 20.6. The zero-order valence-electron chi connectivity index (χ0n) is 20.5. The Balaban J connectivity index is 1.41. The molecule has 0 bridgehead atoms. The molecule has 1 aliphatic heterocycles. The van der Waals surface area contributed by atoms with E-state index in [2.05, 4.69) is 0 Å². The standard InChI is InChI=1S/C30H28N2O4/c1-30(2)17-24(31-23-14-7-10-19-9-3-4-11-20(19)23)27(26(34)18-30)25(33)15-8-16-32-28(35)21-12-5-6-13-22(21)29(32)36/h3-7,9-14,33H,8,15-18H2,1-2H3/b27-25-,31-24?. The van der Waals surface area contributed by atoms with Crippen molar-refractivity contribution in [1.82, 2.24) is 4.90 Å². The SMILES string of the molecule is CC1(C)CC(=O)/C(=C(\O)CCCN2C(=O)c3ccccc3C2=O)C(=Nc2cccc3ccccc23)C1. The zero-order chi connectivity index (χ0) is 25.4. The number of carbonyl (C=O) groups is 3. The largest absolute Gasteiger partial charge is 0.511 e. The number of hydrogen-bond donors (Lipinski definition) is 1. The van der Waals surface area contributed by atoms with Gasteiger partial charge in [0, 0.05) is 24.8 Å². The minimum atomic E-state index is -0.323. The number of aliphatic hydroxyl groups excluding tert-OH is 1. The number of fused-ring (bicyclic) bond motifs is 2. The lowest BCUT2D eigenvalue weighted by molar-refractivity contribution is -0.117. The van der Waals surface area contributed by atoms with Crippen LogP contribution in [0.5, 0.6) is 0 Å². The number of allylic oxidation sites excluding steroid dienone is 2. The Morgan fingerprint density at radius 1 is 0.889 bits per heavy atom. The molecular formula is C30H28N2O4. The molecule has 2 aliphatic rings. The highest BCUT2D eigenvalue weighted by molar-refractivity contribution is 6.25. The van der Waals surface area contributed by atoms with Crippen molar-refractivity contribution in [3.63, 3.8) is 0 Å². The van der Waals surface area contributed by atoms with Gasteiger partial charge in [0.05, 0.1) is 28.1 Å². The van der Waals surface area contributed by atoms with Gasteiger partial charge in [0.15, 0.2) is 5.78 Å². The maximum absolute atomic E-state index is 13.2. The summed E-state index contributed by atoms with van der Waals surface area (Å²) in [5, 5.41) is 13.1. The van der Waals surface area contributed by atoms with Gasteiger partial charge in [0.2, 0.25) is 0 Å². The second kappa shape index (κ2) is 9.19. The minimum absolute atomic E-state index is 0.0360. The summed E-state index contributed by atoms with van der Waals surface area (Å²) in [6.45, 7) is 4.22. The molecule has 0 radical (unpaired) electrons. The first kappa shape index (κ1) is 23.7. The molecule has 0 spiro atoms. The van der Waals surface area contributed by atoms with Gasteiger partial charge in [-0.05, 0) is 41.8 Å². The molecule has 0 saturated heterocycles. The van der Waals surface area contributed by atoms with Crippen molar-refractivity contribution in [2.24, 2.45) is 10.4 Å². The summed E-state index contributed by atoms with van der Waals surface area (Å²) >= 11 is 0. The molecule has 1 saturated carbocycles. The fourth-order valence-corrected chi connectivity index (χ4v) is 5.13. The number of amides is 2. The molecule has 0 unspecified atom stereocenters. The van der Waals surface area contributed by atoms with Crippen molar-refractivity contribution in [3.05, 3.63) is 89.2 Å². The molecule has 0 aromatic heterocycles. The molecule has 182 valence electrons. The van der Waals surface area contributed by atoms with Crippen LogP contribution in [0.25, 0.3) is 10.8 Å². The van der Waals surface area contributed by atoms with Crippen LogP contribution in [0.1, 0.15) is 60.2 Å². The number of ketones is 1. The Kier molecular flexibility index (Phi) is 6.04. The van der Waals surface area contributed by atoms with E-state index in [1.807, 2.05) is 56.3 Å². The van der Waals surface area contributed by atoms with E-state index in [1.165, 1.54) is 4.90 Å².